The Labute approximate surface area is 158 Å². The Morgan fingerprint density at radius 3 is 2.27 bits per heavy atom. The molecule has 1 N–H and O–H groups in total. The normalized spacial score (nSPS) is 11.2. The highest BCUT2D eigenvalue weighted by molar-refractivity contribution is 7.92. The van der Waals surface area contributed by atoms with Crippen LogP contribution in [0.1, 0.15) is 26.7 Å². The van der Waals surface area contributed by atoms with E-state index >= 15 is 0 Å². The first-order chi connectivity index (χ1) is 12.4. The third-order valence-corrected chi connectivity index (χ3v) is 4.95. The van der Waals surface area contributed by atoms with E-state index in [0.717, 1.165) is 25.0 Å². The molecule has 26 heavy (non-hydrogen) atoms. The SMILES string of the molecule is CCCOc1ccc(NS(=O)(=O)c2ccc(Cl)cc2F)cc1OCCC. The molecular weight excluding hydrogens is 381 g/mol. The van der Waals surface area contributed by atoms with Crippen molar-refractivity contribution in [3.05, 3.63) is 47.2 Å². The van der Waals surface area contributed by atoms with E-state index in [0.29, 0.717) is 24.7 Å². The van der Waals surface area contributed by atoms with Crippen LogP contribution in [0, 0.1) is 5.82 Å². The maximum Gasteiger partial charge on any atom is 0.264 e. The van der Waals surface area contributed by atoms with Gasteiger partial charge in [-0.15, -0.1) is 0 Å². The van der Waals surface area contributed by atoms with Crippen LogP contribution < -0.4 is 14.2 Å². The zero-order chi connectivity index (χ0) is 19.2. The zero-order valence-electron chi connectivity index (χ0n) is 14.6. The first kappa shape index (κ1) is 20.3. The molecule has 0 spiro atoms. The predicted molar refractivity (Wildman–Crippen MR) is 100 cm³/mol. The molecule has 0 radical (unpaired) electrons. The molecule has 0 atom stereocenters. The van der Waals surface area contributed by atoms with Crippen molar-refractivity contribution in [3.63, 3.8) is 0 Å². The maximum absolute atomic E-state index is 13.9. The zero-order valence-corrected chi connectivity index (χ0v) is 16.2. The van der Waals surface area contributed by atoms with E-state index in [-0.39, 0.29) is 10.7 Å². The Morgan fingerprint density at radius 2 is 1.65 bits per heavy atom. The fourth-order valence-corrected chi connectivity index (χ4v) is 3.40. The van der Waals surface area contributed by atoms with Gasteiger partial charge in [-0.25, -0.2) is 12.8 Å². The van der Waals surface area contributed by atoms with Crippen LogP contribution in [0.4, 0.5) is 10.1 Å². The van der Waals surface area contributed by atoms with Gasteiger partial charge in [0, 0.05) is 11.1 Å². The Bertz CT molecular complexity index is 858. The van der Waals surface area contributed by atoms with Crippen molar-refractivity contribution >= 4 is 27.3 Å². The second-order valence-corrected chi connectivity index (χ2v) is 7.63. The fraction of sp³-hybridized carbons (Fsp3) is 0.333. The monoisotopic (exact) mass is 401 g/mol. The summed E-state index contributed by atoms with van der Waals surface area (Å²) in [5, 5.41) is 0.120. The quantitative estimate of drug-likeness (QED) is 0.651. The molecule has 0 unspecified atom stereocenters. The smallest absolute Gasteiger partial charge is 0.264 e. The first-order valence-electron chi connectivity index (χ1n) is 8.25. The lowest BCUT2D eigenvalue weighted by atomic mass is 10.3. The molecular formula is C18H21ClFNO4S. The lowest BCUT2D eigenvalue weighted by molar-refractivity contribution is 0.268. The second-order valence-electron chi connectivity index (χ2n) is 5.54. The van der Waals surface area contributed by atoms with E-state index in [9.17, 15) is 12.8 Å². The van der Waals surface area contributed by atoms with E-state index in [1.54, 1.807) is 6.07 Å². The van der Waals surface area contributed by atoms with E-state index in [2.05, 4.69) is 4.72 Å². The molecule has 5 nitrogen and oxygen atoms in total. The van der Waals surface area contributed by atoms with Crippen LogP contribution in [0.15, 0.2) is 41.3 Å². The van der Waals surface area contributed by atoms with Gasteiger partial charge in [-0.2, -0.15) is 0 Å². The summed E-state index contributed by atoms with van der Waals surface area (Å²) in [5.41, 5.74) is 0.245. The molecule has 8 heteroatoms. The molecule has 0 saturated carbocycles. The lowest BCUT2D eigenvalue weighted by Gasteiger charge is -2.15. The van der Waals surface area contributed by atoms with Crippen molar-refractivity contribution in [2.75, 3.05) is 17.9 Å². The van der Waals surface area contributed by atoms with Crippen LogP contribution in [-0.4, -0.2) is 21.6 Å². The van der Waals surface area contributed by atoms with Crippen molar-refractivity contribution < 1.29 is 22.3 Å². The molecule has 0 heterocycles. The molecule has 0 bridgehead atoms. The molecule has 0 aliphatic heterocycles. The molecule has 142 valence electrons. The summed E-state index contributed by atoms with van der Waals surface area (Å²) in [6, 6.07) is 8.06. The summed E-state index contributed by atoms with van der Waals surface area (Å²) in [6.45, 7) is 4.92. The molecule has 2 rings (SSSR count). The van der Waals surface area contributed by atoms with Crippen LogP contribution >= 0.6 is 11.6 Å². The molecule has 0 aliphatic rings. The number of nitrogens with one attached hydrogen (secondary N) is 1. The van der Waals surface area contributed by atoms with Gasteiger partial charge in [0.05, 0.1) is 18.9 Å². The highest BCUT2D eigenvalue weighted by atomic mass is 35.5. The van der Waals surface area contributed by atoms with Gasteiger partial charge in [-0.1, -0.05) is 25.4 Å². The highest BCUT2D eigenvalue weighted by Gasteiger charge is 2.20. The molecule has 2 aromatic rings. The van der Waals surface area contributed by atoms with Crippen LogP contribution in [0.25, 0.3) is 0 Å². The van der Waals surface area contributed by atoms with Crippen LogP contribution in [0.2, 0.25) is 5.02 Å². The van der Waals surface area contributed by atoms with Crippen molar-refractivity contribution in [1.82, 2.24) is 0 Å². The Hall–Kier alpha value is -1.99. The number of rotatable bonds is 9. The minimum Gasteiger partial charge on any atom is -0.490 e. The summed E-state index contributed by atoms with van der Waals surface area (Å²) < 4.78 is 52.4. The van der Waals surface area contributed by atoms with Gasteiger partial charge >= 0.3 is 0 Å². The second kappa shape index (κ2) is 9.09. The van der Waals surface area contributed by atoms with E-state index < -0.39 is 20.7 Å². The molecule has 0 fully saturated rings. The summed E-state index contributed by atoms with van der Waals surface area (Å²) in [6.07, 6.45) is 1.62. The average molecular weight is 402 g/mol. The molecule has 0 aliphatic carbocycles. The molecule has 2 aromatic carbocycles. The number of anilines is 1. The fourth-order valence-electron chi connectivity index (χ4n) is 2.13. The first-order valence-corrected chi connectivity index (χ1v) is 10.1. The van der Waals surface area contributed by atoms with E-state index in [1.807, 2.05) is 13.8 Å². The largest absolute Gasteiger partial charge is 0.490 e. The van der Waals surface area contributed by atoms with Crippen molar-refractivity contribution in [2.45, 2.75) is 31.6 Å². The minimum absolute atomic E-state index is 0.120. The third-order valence-electron chi connectivity index (χ3n) is 3.30. The summed E-state index contributed by atoms with van der Waals surface area (Å²) in [5.74, 6) is 0.0355. The van der Waals surface area contributed by atoms with E-state index in [4.69, 9.17) is 21.1 Å². The van der Waals surface area contributed by atoms with E-state index in [1.165, 1.54) is 18.2 Å². The van der Waals surface area contributed by atoms with Gasteiger partial charge in [0.15, 0.2) is 11.5 Å². The van der Waals surface area contributed by atoms with Crippen molar-refractivity contribution in [1.29, 1.82) is 0 Å². The predicted octanol–water partition coefficient (Wildman–Crippen LogP) is 4.86. The summed E-state index contributed by atoms with van der Waals surface area (Å²) in [7, 11) is -4.11. The van der Waals surface area contributed by atoms with Gasteiger partial charge in [0.25, 0.3) is 10.0 Å². The van der Waals surface area contributed by atoms with Crippen LogP contribution in [0.5, 0.6) is 11.5 Å². The van der Waals surface area contributed by atoms with Crippen molar-refractivity contribution in [3.8, 4) is 11.5 Å². The number of hydrogen-bond donors (Lipinski definition) is 1. The maximum atomic E-state index is 13.9. The molecule has 0 amide bonds. The Kier molecular flexibility index (Phi) is 7.11. The van der Waals surface area contributed by atoms with Gasteiger partial charge in [0.2, 0.25) is 0 Å². The lowest BCUT2D eigenvalue weighted by Crippen LogP contribution is -2.14. The molecule has 0 aromatic heterocycles. The summed E-state index contributed by atoms with van der Waals surface area (Å²) >= 11 is 5.67. The standard InChI is InChI=1S/C18H21ClFNO4S/c1-3-9-24-16-7-6-14(12-17(16)25-10-4-2)21-26(22,23)18-8-5-13(19)11-15(18)20/h5-8,11-12,21H,3-4,9-10H2,1-2H3. The van der Waals surface area contributed by atoms with Crippen LogP contribution in [-0.2, 0) is 10.0 Å². The number of ether oxygens (including phenoxy) is 2. The molecule has 0 saturated heterocycles. The van der Waals surface area contributed by atoms with Gasteiger partial charge < -0.3 is 9.47 Å². The van der Waals surface area contributed by atoms with Crippen LogP contribution in [0.3, 0.4) is 0 Å². The van der Waals surface area contributed by atoms with Gasteiger partial charge in [-0.3, -0.25) is 4.72 Å². The highest BCUT2D eigenvalue weighted by Crippen LogP contribution is 2.32. The number of hydrogen-bond acceptors (Lipinski definition) is 4. The average Bonchev–Trinajstić information content (AvgIpc) is 2.58. The number of sulfonamides is 1. The third kappa shape index (κ3) is 5.25. The van der Waals surface area contributed by atoms with Crippen molar-refractivity contribution in [2.24, 2.45) is 0 Å². The van der Waals surface area contributed by atoms with Gasteiger partial charge in [-0.05, 0) is 43.2 Å². The number of benzene rings is 2. The topological polar surface area (TPSA) is 64.6 Å². The Balaban J connectivity index is 2.29. The Morgan fingerprint density at radius 1 is 1.00 bits per heavy atom. The summed E-state index contributed by atoms with van der Waals surface area (Å²) in [4.78, 5) is -0.482. The minimum atomic E-state index is -4.11. The number of halogens is 2. The van der Waals surface area contributed by atoms with Gasteiger partial charge in [0.1, 0.15) is 10.7 Å².